The number of para-hydroxylation sites is 1. The first-order chi connectivity index (χ1) is 18.2. The van der Waals surface area contributed by atoms with E-state index in [1.165, 1.54) is 12.0 Å². The molecule has 1 amide bonds. The summed E-state index contributed by atoms with van der Waals surface area (Å²) in [5, 5.41) is 17.9. The lowest BCUT2D eigenvalue weighted by Crippen LogP contribution is -2.53. The van der Waals surface area contributed by atoms with E-state index in [9.17, 15) is 4.79 Å². The fraction of sp³-hybridized carbons (Fsp3) is 0.464. The molecule has 2 aliphatic heterocycles. The largest absolute Gasteiger partial charge is 0.496 e. The van der Waals surface area contributed by atoms with Crippen LogP contribution in [0.3, 0.4) is 0 Å². The standard InChI is InChI=1S/C28H33N7O2/c1-37-25-10-3-2-8-22(25)24-11-12-26(31-30-24)35-13-5-7-21(19-35)28(36)34-16-14-33(15-17-34)27-18-20-6-4-9-23(20)29-32-27/h2-3,8,10-12,18,21H,4-7,9,13-17,19H2,1H3. The number of methoxy groups -OCH3 is 1. The van der Waals surface area contributed by atoms with Crippen molar-refractivity contribution in [1.82, 2.24) is 25.3 Å². The van der Waals surface area contributed by atoms with E-state index in [2.05, 4.69) is 36.3 Å². The molecule has 4 heterocycles. The fourth-order valence-corrected chi connectivity index (χ4v) is 5.77. The summed E-state index contributed by atoms with van der Waals surface area (Å²) in [6.07, 6.45) is 5.20. The lowest BCUT2D eigenvalue weighted by atomic mass is 9.96. The maximum Gasteiger partial charge on any atom is 0.227 e. The van der Waals surface area contributed by atoms with Gasteiger partial charge in [-0.05, 0) is 68.0 Å². The van der Waals surface area contributed by atoms with Crippen molar-refractivity contribution in [2.24, 2.45) is 5.92 Å². The predicted molar refractivity (Wildman–Crippen MR) is 142 cm³/mol. The second kappa shape index (κ2) is 10.3. The first kappa shape index (κ1) is 23.6. The maximum absolute atomic E-state index is 13.4. The number of piperazine rings is 1. The van der Waals surface area contributed by atoms with Gasteiger partial charge in [0.15, 0.2) is 11.6 Å². The lowest BCUT2D eigenvalue weighted by Gasteiger charge is -2.39. The van der Waals surface area contributed by atoms with Crippen LogP contribution in [0.15, 0.2) is 42.5 Å². The van der Waals surface area contributed by atoms with Crippen molar-refractivity contribution in [3.8, 4) is 17.0 Å². The Morgan fingerprint density at radius 1 is 0.865 bits per heavy atom. The first-order valence-corrected chi connectivity index (χ1v) is 13.3. The number of nitrogens with zero attached hydrogens (tertiary/aromatic N) is 7. The van der Waals surface area contributed by atoms with E-state index in [1.807, 2.05) is 41.3 Å². The third-order valence-electron chi connectivity index (χ3n) is 7.85. The summed E-state index contributed by atoms with van der Waals surface area (Å²) < 4.78 is 5.46. The van der Waals surface area contributed by atoms with Gasteiger partial charge in [0.2, 0.25) is 5.91 Å². The summed E-state index contributed by atoms with van der Waals surface area (Å²) in [5.74, 6) is 2.78. The van der Waals surface area contributed by atoms with Crippen molar-refractivity contribution in [3.63, 3.8) is 0 Å². The van der Waals surface area contributed by atoms with Crippen LogP contribution in [0.25, 0.3) is 11.3 Å². The maximum atomic E-state index is 13.4. The van der Waals surface area contributed by atoms with Gasteiger partial charge in [-0.1, -0.05) is 12.1 Å². The average Bonchev–Trinajstić information content (AvgIpc) is 3.45. The molecule has 0 N–H and O–H groups in total. The second-order valence-corrected chi connectivity index (χ2v) is 10.1. The number of anilines is 2. The zero-order valence-corrected chi connectivity index (χ0v) is 21.3. The van der Waals surface area contributed by atoms with Gasteiger partial charge in [-0.25, -0.2) is 0 Å². The van der Waals surface area contributed by atoms with E-state index in [0.717, 1.165) is 92.7 Å². The Hall–Kier alpha value is -3.75. The molecule has 0 radical (unpaired) electrons. The molecule has 1 atom stereocenters. The van der Waals surface area contributed by atoms with Crippen molar-refractivity contribution >= 4 is 17.5 Å². The number of aromatic nitrogens is 4. The molecular formula is C28H33N7O2. The van der Waals surface area contributed by atoms with E-state index < -0.39 is 0 Å². The molecule has 2 aromatic heterocycles. The van der Waals surface area contributed by atoms with Gasteiger partial charge in [-0.2, -0.15) is 5.10 Å². The van der Waals surface area contributed by atoms with Crippen LogP contribution in [0.2, 0.25) is 0 Å². The molecule has 2 fully saturated rings. The number of benzene rings is 1. The van der Waals surface area contributed by atoms with Gasteiger partial charge in [0, 0.05) is 44.8 Å². The molecule has 37 heavy (non-hydrogen) atoms. The van der Waals surface area contributed by atoms with Crippen molar-refractivity contribution in [2.45, 2.75) is 32.1 Å². The van der Waals surface area contributed by atoms with Crippen LogP contribution in [0.5, 0.6) is 5.75 Å². The Morgan fingerprint density at radius 3 is 2.51 bits per heavy atom. The number of hydrogen-bond acceptors (Lipinski definition) is 8. The van der Waals surface area contributed by atoms with E-state index in [-0.39, 0.29) is 11.8 Å². The van der Waals surface area contributed by atoms with Gasteiger partial charge in [-0.15, -0.1) is 15.3 Å². The molecule has 9 heteroatoms. The number of aryl methyl sites for hydroxylation is 2. The molecule has 1 aliphatic carbocycles. The Balaban J connectivity index is 1.07. The van der Waals surface area contributed by atoms with Gasteiger partial charge in [-0.3, -0.25) is 4.79 Å². The van der Waals surface area contributed by atoms with E-state index >= 15 is 0 Å². The number of carbonyl (C=O) groups excluding carboxylic acids is 1. The molecule has 0 saturated carbocycles. The van der Waals surface area contributed by atoms with Crippen LogP contribution in [-0.2, 0) is 17.6 Å². The van der Waals surface area contributed by atoms with Gasteiger partial charge in [0.05, 0.1) is 24.4 Å². The number of fused-ring (bicyclic) bond motifs is 1. The highest BCUT2D eigenvalue weighted by Gasteiger charge is 2.32. The fourth-order valence-electron chi connectivity index (χ4n) is 5.77. The average molecular weight is 500 g/mol. The zero-order valence-electron chi connectivity index (χ0n) is 21.3. The molecule has 192 valence electrons. The van der Waals surface area contributed by atoms with Crippen LogP contribution >= 0.6 is 0 Å². The number of ether oxygens (including phenoxy) is 1. The summed E-state index contributed by atoms with van der Waals surface area (Å²) in [5.41, 5.74) is 4.18. The van der Waals surface area contributed by atoms with E-state index in [1.54, 1.807) is 7.11 Å². The molecule has 9 nitrogen and oxygen atoms in total. The highest BCUT2D eigenvalue weighted by atomic mass is 16.5. The molecule has 3 aliphatic rings. The molecule has 1 aromatic carbocycles. The molecule has 0 spiro atoms. The number of amides is 1. The third kappa shape index (κ3) is 4.82. The predicted octanol–water partition coefficient (Wildman–Crippen LogP) is 3.00. The summed E-state index contributed by atoms with van der Waals surface area (Å²) in [6.45, 7) is 4.61. The zero-order chi connectivity index (χ0) is 25.2. The number of piperidine rings is 1. The minimum Gasteiger partial charge on any atom is -0.496 e. The van der Waals surface area contributed by atoms with E-state index in [4.69, 9.17) is 4.74 Å². The Kier molecular flexibility index (Phi) is 6.59. The normalized spacial score (nSPS) is 19.6. The van der Waals surface area contributed by atoms with Gasteiger partial charge < -0.3 is 19.4 Å². The topological polar surface area (TPSA) is 87.6 Å². The second-order valence-electron chi connectivity index (χ2n) is 10.1. The van der Waals surface area contributed by atoms with E-state index in [0.29, 0.717) is 6.54 Å². The molecule has 1 unspecified atom stereocenters. The quantitative estimate of drug-likeness (QED) is 0.530. The van der Waals surface area contributed by atoms with Crippen molar-refractivity contribution in [2.75, 3.05) is 56.2 Å². The van der Waals surface area contributed by atoms with Crippen molar-refractivity contribution in [1.29, 1.82) is 0 Å². The molecule has 2 saturated heterocycles. The SMILES string of the molecule is COc1ccccc1-c1ccc(N2CCCC(C(=O)N3CCN(c4cc5c(nn4)CCC5)CC3)C2)nn1. The molecule has 6 rings (SSSR count). The summed E-state index contributed by atoms with van der Waals surface area (Å²) in [6, 6.07) is 14.0. The Bertz CT molecular complexity index is 1260. The van der Waals surface area contributed by atoms with Gasteiger partial charge >= 0.3 is 0 Å². The van der Waals surface area contributed by atoms with Crippen LogP contribution in [0.4, 0.5) is 11.6 Å². The van der Waals surface area contributed by atoms with Crippen LogP contribution in [-0.4, -0.2) is 77.6 Å². The van der Waals surface area contributed by atoms with Crippen LogP contribution in [0.1, 0.15) is 30.5 Å². The smallest absolute Gasteiger partial charge is 0.227 e. The Labute approximate surface area is 217 Å². The van der Waals surface area contributed by atoms with Crippen molar-refractivity contribution < 1.29 is 9.53 Å². The van der Waals surface area contributed by atoms with Gasteiger partial charge in [0.25, 0.3) is 0 Å². The van der Waals surface area contributed by atoms with Gasteiger partial charge in [0.1, 0.15) is 5.75 Å². The number of carbonyl (C=O) groups is 1. The third-order valence-corrected chi connectivity index (χ3v) is 7.85. The Morgan fingerprint density at radius 2 is 1.70 bits per heavy atom. The highest BCUT2D eigenvalue weighted by Crippen LogP contribution is 2.30. The summed E-state index contributed by atoms with van der Waals surface area (Å²) >= 11 is 0. The van der Waals surface area contributed by atoms with Crippen molar-refractivity contribution in [3.05, 3.63) is 53.7 Å². The highest BCUT2D eigenvalue weighted by molar-refractivity contribution is 5.80. The summed E-state index contributed by atoms with van der Waals surface area (Å²) in [4.78, 5) is 19.9. The minimum atomic E-state index is -0.0178. The summed E-state index contributed by atoms with van der Waals surface area (Å²) in [7, 11) is 1.66. The van der Waals surface area contributed by atoms with Crippen LogP contribution in [0, 0.1) is 5.92 Å². The molecular weight excluding hydrogens is 466 g/mol. The molecule has 3 aromatic rings. The number of rotatable bonds is 5. The number of hydrogen-bond donors (Lipinski definition) is 0. The monoisotopic (exact) mass is 499 g/mol. The lowest BCUT2D eigenvalue weighted by molar-refractivity contribution is -0.136. The minimum absolute atomic E-state index is 0.0178. The van der Waals surface area contributed by atoms with Crippen LogP contribution < -0.4 is 14.5 Å². The molecule has 0 bridgehead atoms. The first-order valence-electron chi connectivity index (χ1n) is 13.3.